The van der Waals surface area contributed by atoms with Gasteiger partial charge in [0.15, 0.2) is 5.71 Å². The van der Waals surface area contributed by atoms with Crippen LogP contribution in [0.1, 0.15) is 20.3 Å². The van der Waals surface area contributed by atoms with E-state index < -0.39 is 23.9 Å². The van der Waals surface area contributed by atoms with Crippen LogP contribution >= 0.6 is 0 Å². The van der Waals surface area contributed by atoms with E-state index in [1.54, 1.807) is 0 Å². The number of carboxylic acids is 1. The van der Waals surface area contributed by atoms with Gasteiger partial charge in [0.2, 0.25) is 12.0 Å². The highest BCUT2D eigenvalue weighted by molar-refractivity contribution is 6.36. The van der Waals surface area contributed by atoms with Crippen LogP contribution in [0.25, 0.3) is 0 Å². The molecule has 8 nitrogen and oxygen atoms in total. The smallest absolute Gasteiger partial charge is 0.353 e. The molecular formula is C11H17N3O5. The molecule has 0 bridgehead atoms. The molecular weight excluding hydrogens is 254 g/mol. The second kappa shape index (κ2) is 6.17. The Morgan fingerprint density at radius 1 is 1.53 bits per heavy atom. The number of hydrogen-bond acceptors (Lipinski definition) is 5. The largest absolute Gasteiger partial charge is 0.477 e. The summed E-state index contributed by atoms with van der Waals surface area (Å²) >= 11 is 0. The lowest BCUT2D eigenvalue weighted by Gasteiger charge is -2.24. The average molecular weight is 271 g/mol. The van der Waals surface area contributed by atoms with Gasteiger partial charge in [-0.2, -0.15) is 0 Å². The molecule has 1 heterocycles. The molecule has 0 aromatic carbocycles. The van der Waals surface area contributed by atoms with Crippen molar-refractivity contribution in [1.29, 1.82) is 0 Å². The average Bonchev–Trinajstić information content (AvgIpc) is 2.75. The van der Waals surface area contributed by atoms with Crippen molar-refractivity contribution in [2.24, 2.45) is 16.8 Å². The van der Waals surface area contributed by atoms with Crippen molar-refractivity contribution in [3.63, 3.8) is 0 Å². The summed E-state index contributed by atoms with van der Waals surface area (Å²) in [5.74, 6) is -2.19. The number of carboxylic acid groups (broad SMARTS) is 1. The Labute approximate surface area is 110 Å². The molecule has 106 valence electrons. The van der Waals surface area contributed by atoms with Crippen molar-refractivity contribution in [2.75, 3.05) is 13.1 Å². The molecule has 0 fully saturated rings. The van der Waals surface area contributed by atoms with E-state index in [0.29, 0.717) is 6.54 Å². The monoisotopic (exact) mass is 271 g/mol. The van der Waals surface area contributed by atoms with Gasteiger partial charge in [-0.3, -0.25) is 9.59 Å². The fourth-order valence-electron chi connectivity index (χ4n) is 1.70. The zero-order valence-electron chi connectivity index (χ0n) is 10.8. The Bertz CT molecular complexity index is 419. The van der Waals surface area contributed by atoms with E-state index in [2.05, 4.69) is 5.16 Å². The molecule has 0 aliphatic carbocycles. The molecule has 0 saturated heterocycles. The summed E-state index contributed by atoms with van der Waals surface area (Å²) in [6, 6.07) is 0. The third-order valence-corrected chi connectivity index (χ3v) is 2.44. The van der Waals surface area contributed by atoms with E-state index in [1.807, 2.05) is 13.8 Å². The second-order valence-corrected chi connectivity index (χ2v) is 4.72. The number of oxime groups is 1. The molecule has 0 spiro atoms. The Morgan fingerprint density at radius 3 is 2.58 bits per heavy atom. The van der Waals surface area contributed by atoms with Crippen LogP contribution in [0.4, 0.5) is 0 Å². The number of carbonyl (C=O) groups excluding carboxylic acids is 2. The number of carbonyl (C=O) groups is 3. The molecule has 1 aliphatic rings. The van der Waals surface area contributed by atoms with E-state index in [-0.39, 0.29) is 24.6 Å². The lowest BCUT2D eigenvalue weighted by molar-refractivity contribution is -0.145. The van der Waals surface area contributed by atoms with E-state index in [4.69, 9.17) is 15.7 Å². The van der Waals surface area contributed by atoms with Crippen LogP contribution < -0.4 is 5.73 Å². The van der Waals surface area contributed by atoms with Gasteiger partial charge in [0.1, 0.15) is 0 Å². The Balaban J connectivity index is 2.68. The first-order valence-corrected chi connectivity index (χ1v) is 5.84. The van der Waals surface area contributed by atoms with E-state index in [9.17, 15) is 14.4 Å². The highest BCUT2D eigenvalue weighted by atomic mass is 16.6. The normalized spacial score (nSPS) is 17.8. The lowest BCUT2D eigenvalue weighted by atomic mass is 10.1. The number of aliphatic carboxylic acids is 1. The maximum atomic E-state index is 12.1. The SMILES string of the molecule is CC(C)CN(CC(N)=O)C(=O)C1CC(C(=O)O)=NO1. The Morgan fingerprint density at radius 2 is 2.16 bits per heavy atom. The molecule has 1 atom stereocenters. The number of rotatable bonds is 6. The van der Waals surface area contributed by atoms with Crippen LogP contribution in [0, 0.1) is 5.92 Å². The third kappa shape index (κ3) is 4.23. The van der Waals surface area contributed by atoms with Crippen molar-refractivity contribution in [1.82, 2.24) is 4.90 Å². The van der Waals surface area contributed by atoms with Crippen LogP contribution in [0.15, 0.2) is 5.16 Å². The fourth-order valence-corrected chi connectivity index (χ4v) is 1.70. The van der Waals surface area contributed by atoms with E-state index in [1.165, 1.54) is 4.90 Å². The van der Waals surface area contributed by atoms with Crippen molar-refractivity contribution >= 4 is 23.5 Å². The predicted octanol–water partition coefficient (Wildman–Crippen LogP) is -0.814. The highest BCUT2D eigenvalue weighted by Crippen LogP contribution is 2.14. The quantitative estimate of drug-likeness (QED) is 0.653. The van der Waals surface area contributed by atoms with Gasteiger partial charge < -0.3 is 20.6 Å². The predicted molar refractivity (Wildman–Crippen MR) is 65.2 cm³/mol. The number of primary amides is 1. The number of nitrogens with two attached hydrogens (primary N) is 1. The maximum absolute atomic E-state index is 12.1. The molecule has 1 rings (SSSR count). The highest BCUT2D eigenvalue weighted by Gasteiger charge is 2.35. The van der Waals surface area contributed by atoms with Crippen LogP contribution in [0.5, 0.6) is 0 Å². The van der Waals surface area contributed by atoms with Gasteiger partial charge in [-0.05, 0) is 5.92 Å². The van der Waals surface area contributed by atoms with Crippen molar-refractivity contribution in [2.45, 2.75) is 26.4 Å². The summed E-state index contributed by atoms with van der Waals surface area (Å²) in [6.45, 7) is 3.88. The lowest BCUT2D eigenvalue weighted by Crippen LogP contribution is -2.45. The Hall–Kier alpha value is -2.12. The molecule has 1 unspecified atom stereocenters. The summed E-state index contributed by atoms with van der Waals surface area (Å²) < 4.78 is 0. The molecule has 19 heavy (non-hydrogen) atoms. The molecule has 0 aromatic rings. The number of nitrogens with zero attached hydrogens (tertiary/aromatic N) is 2. The third-order valence-electron chi connectivity index (χ3n) is 2.44. The molecule has 3 N–H and O–H groups in total. The van der Waals surface area contributed by atoms with Crippen molar-refractivity contribution < 1.29 is 24.3 Å². The van der Waals surface area contributed by atoms with Gasteiger partial charge in [0, 0.05) is 13.0 Å². The van der Waals surface area contributed by atoms with Gasteiger partial charge in [0.05, 0.1) is 6.54 Å². The standard InChI is InChI=1S/C11H17N3O5/c1-6(2)4-14(5-9(12)15)10(16)8-3-7(11(17)18)13-19-8/h6,8H,3-5H2,1-2H3,(H2,12,15)(H,17,18). The first-order valence-electron chi connectivity index (χ1n) is 5.84. The minimum atomic E-state index is -1.22. The van der Waals surface area contributed by atoms with Crippen LogP contribution in [-0.4, -0.2) is 52.7 Å². The molecule has 0 aromatic heterocycles. The van der Waals surface area contributed by atoms with Gasteiger partial charge in [0.25, 0.3) is 5.91 Å². The van der Waals surface area contributed by atoms with Crippen molar-refractivity contribution in [3.05, 3.63) is 0 Å². The molecule has 8 heteroatoms. The summed E-state index contributed by atoms with van der Waals surface area (Å²) in [7, 11) is 0. The number of amides is 2. The maximum Gasteiger partial charge on any atom is 0.353 e. The van der Waals surface area contributed by atoms with Gasteiger partial charge in [-0.25, -0.2) is 4.79 Å². The zero-order chi connectivity index (χ0) is 14.6. The first kappa shape index (κ1) is 14.9. The van der Waals surface area contributed by atoms with Crippen LogP contribution in [0.3, 0.4) is 0 Å². The van der Waals surface area contributed by atoms with Gasteiger partial charge >= 0.3 is 5.97 Å². The fraction of sp³-hybridized carbons (Fsp3) is 0.636. The van der Waals surface area contributed by atoms with E-state index in [0.717, 1.165) is 0 Å². The number of hydrogen-bond donors (Lipinski definition) is 2. The molecule has 2 amide bonds. The minimum Gasteiger partial charge on any atom is -0.477 e. The first-order chi connectivity index (χ1) is 8.81. The summed E-state index contributed by atoms with van der Waals surface area (Å²) in [5, 5.41) is 12.1. The molecule has 0 radical (unpaired) electrons. The van der Waals surface area contributed by atoms with E-state index >= 15 is 0 Å². The summed E-state index contributed by atoms with van der Waals surface area (Å²) in [5.41, 5.74) is 4.88. The van der Waals surface area contributed by atoms with Crippen LogP contribution in [0.2, 0.25) is 0 Å². The molecule has 1 aliphatic heterocycles. The van der Waals surface area contributed by atoms with Crippen LogP contribution in [-0.2, 0) is 19.2 Å². The Kier molecular flexibility index (Phi) is 4.85. The minimum absolute atomic E-state index is 0.110. The zero-order valence-corrected chi connectivity index (χ0v) is 10.8. The second-order valence-electron chi connectivity index (χ2n) is 4.72. The van der Waals surface area contributed by atoms with Gasteiger partial charge in [-0.1, -0.05) is 19.0 Å². The van der Waals surface area contributed by atoms with Crippen molar-refractivity contribution in [3.8, 4) is 0 Å². The van der Waals surface area contributed by atoms with Gasteiger partial charge in [-0.15, -0.1) is 0 Å². The summed E-state index contributed by atoms with van der Waals surface area (Å²) in [6.07, 6.45) is -1.11. The molecule has 0 saturated carbocycles. The summed E-state index contributed by atoms with van der Waals surface area (Å²) in [4.78, 5) is 39.8. The topological polar surface area (TPSA) is 122 Å².